The predicted molar refractivity (Wildman–Crippen MR) is 99.3 cm³/mol. The minimum Gasteiger partial charge on any atom is -0.366 e. The number of nitro benzene ring substituents is 1. The van der Waals surface area contributed by atoms with Crippen LogP contribution in [0.1, 0.15) is 44.0 Å². The maximum absolute atomic E-state index is 12.1. The quantitative estimate of drug-likeness (QED) is 0.595. The SMILES string of the molecule is CC(=O)NCC1CCCN(c2ccc(C(=O)NC(C)C)cc2[N+](=O)[O-])C1. The van der Waals surface area contributed by atoms with E-state index in [2.05, 4.69) is 10.6 Å². The molecule has 0 saturated carbocycles. The van der Waals surface area contributed by atoms with Crippen LogP contribution in [0.3, 0.4) is 0 Å². The number of carbonyl (C=O) groups is 2. The molecule has 0 spiro atoms. The fourth-order valence-corrected chi connectivity index (χ4v) is 3.16. The Labute approximate surface area is 153 Å². The first-order valence-electron chi connectivity index (χ1n) is 8.86. The van der Waals surface area contributed by atoms with Crippen molar-refractivity contribution in [2.45, 2.75) is 39.7 Å². The average Bonchev–Trinajstić information content (AvgIpc) is 2.59. The minimum absolute atomic E-state index is 0.0436. The molecular formula is C18H26N4O4. The second kappa shape index (κ2) is 8.64. The molecule has 1 aromatic rings. The van der Waals surface area contributed by atoms with E-state index >= 15 is 0 Å². The van der Waals surface area contributed by atoms with Gasteiger partial charge >= 0.3 is 0 Å². The first-order chi connectivity index (χ1) is 12.3. The largest absolute Gasteiger partial charge is 0.366 e. The summed E-state index contributed by atoms with van der Waals surface area (Å²) in [6.07, 6.45) is 1.87. The van der Waals surface area contributed by atoms with Crippen molar-refractivity contribution in [3.63, 3.8) is 0 Å². The highest BCUT2D eigenvalue weighted by Gasteiger charge is 2.26. The second-order valence-electron chi connectivity index (χ2n) is 6.98. The second-order valence-corrected chi connectivity index (χ2v) is 6.98. The molecule has 1 heterocycles. The number of hydrogen-bond acceptors (Lipinski definition) is 5. The van der Waals surface area contributed by atoms with Crippen LogP contribution in [0.25, 0.3) is 0 Å². The fourth-order valence-electron chi connectivity index (χ4n) is 3.16. The number of anilines is 1. The standard InChI is InChI=1S/C18H26N4O4/c1-12(2)20-18(24)15-6-7-16(17(9-15)22(25)26)21-8-4-5-14(11-21)10-19-13(3)23/h6-7,9,12,14H,4-5,8,10-11H2,1-3H3,(H,19,23)(H,20,24). The fraction of sp³-hybridized carbons (Fsp3) is 0.556. The van der Waals surface area contributed by atoms with E-state index in [1.54, 1.807) is 12.1 Å². The van der Waals surface area contributed by atoms with Crippen LogP contribution in [0.5, 0.6) is 0 Å². The third-order valence-corrected chi connectivity index (χ3v) is 4.35. The van der Waals surface area contributed by atoms with E-state index in [1.807, 2.05) is 18.7 Å². The van der Waals surface area contributed by atoms with Gasteiger partial charge in [-0.15, -0.1) is 0 Å². The van der Waals surface area contributed by atoms with Crippen LogP contribution in [-0.4, -0.2) is 42.4 Å². The number of benzene rings is 1. The molecule has 1 saturated heterocycles. The van der Waals surface area contributed by atoms with Crippen molar-refractivity contribution < 1.29 is 14.5 Å². The third-order valence-electron chi connectivity index (χ3n) is 4.35. The molecular weight excluding hydrogens is 336 g/mol. The topological polar surface area (TPSA) is 105 Å². The van der Waals surface area contributed by atoms with Gasteiger partial charge in [0.25, 0.3) is 11.6 Å². The van der Waals surface area contributed by atoms with Gasteiger partial charge in [0.2, 0.25) is 5.91 Å². The molecule has 1 fully saturated rings. The summed E-state index contributed by atoms with van der Waals surface area (Å²) in [5, 5.41) is 17.1. The van der Waals surface area contributed by atoms with Crippen molar-refractivity contribution in [2.75, 3.05) is 24.5 Å². The number of piperidine rings is 1. The predicted octanol–water partition coefficient (Wildman–Crippen LogP) is 2.09. The molecule has 1 unspecified atom stereocenters. The zero-order chi connectivity index (χ0) is 19.3. The van der Waals surface area contributed by atoms with Crippen molar-refractivity contribution in [1.29, 1.82) is 0 Å². The summed E-state index contributed by atoms with van der Waals surface area (Å²) < 4.78 is 0. The van der Waals surface area contributed by atoms with Gasteiger partial charge in [-0.05, 0) is 44.7 Å². The molecule has 0 aliphatic carbocycles. The van der Waals surface area contributed by atoms with Gasteiger partial charge in [-0.1, -0.05) is 0 Å². The number of nitro groups is 1. The number of nitrogens with one attached hydrogen (secondary N) is 2. The zero-order valence-corrected chi connectivity index (χ0v) is 15.4. The van der Waals surface area contributed by atoms with Crippen molar-refractivity contribution in [1.82, 2.24) is 10.6 Å². The Morgan fingerprint density at radius 3 is 2.73 bits per heavy atom. The monoisotopic (exact) mass is 362 g/mol. The summed E-state index contributed by atoms with van der Waals surface area (Å²) in [6.45, 7) is 7.07. The maximum Gasteiger partial charge on any atom is 0.293 e. The molecule has 1 atom stereocenters. The Balaban J connectivity index is 2.21. The first kappa shape index (κ1) is 19.7. The van der Waals surface area contributed by atoms with E-state index in [0.717, 1.165) is 19.4 Å². The first-order valence-corrected chi connectivity index (χ1v) is 8.86. The van der Waals surface area contributed by atoms with Crippen LogP contribution in [-0.2, 0) is 4.79 Å². The Morgan fingerprint density at radius 2 is 2.12 bits per heavy atom. The van der Waals surface area contributed by atoms with Crippen LogP contribution in [0, 0.1) is 16.0 Å². The Hall–Kier alpha value is -2.64. The maximum atomic E-state index is 12.1. The number of hydrogen-bond donors (Lipinski definition) is 2. The van der Waals surface area contributed by atoms with Crippen LogP contribution < -0.4 is 15.5 Å². The summed E-state index contributed by atoms with van der Waals surface area (Å²) >= 11 is 0. The van der Waals surface area contributed by atoms with Gasteiger partial charge in [-0.3, -0.25) is 19.7 Å². The average molecular weight is 362 g/mol. The molecule has 26 heavy (non-hydrogen) atoms. The molecule has 2 amide bonds. The summed E-state index contributed by atoms with van der Waals surface area (Å²) in [4.78, 5) is 36.3. The molecule has 8 nitrogen and oxygen atoms in total. The van der Waals surface area contributed by atoms with Gasteiger partial charge in [-0.2, -0.15) is 0 Å². The van der Waals surface area contributed by atoms with Crippen molar-refractivity contribution in [3.8, 4) is 0 Å². The highest BCUT2D eigenvalue weighted by atomic mass is 16.6. The zero-order valence-electron chi connectivity index (χ0n) is 15.4. The molecule has 1 aromatic carbocycles. The molecule has 1 aliphatic rings. The molecule has 0 aromatic heterocycles. The van der Waals surface area contributed by atoms with E-state index in [4.69, 9.17) is 0 Å². The van der Waals surface area contributed by atoms with Crippen molar-refractivity contribution in [3.05, 3.63) is 33.9 Å². The number of rotatable bonds is 6. The molecule has 1 aliphatic heterocycles. The molecule has 8 heteroatoms. The van der Waals surface area contributed by atoms with Gasteiger partial charge in [-0.25, -0.2) is 0 Å². The summed E-state index contributed by atoms with van der Waals surface area (Å²) in [7, 11) is 0. The highest BCUT2D eigenvalue weighted by Crippen LogP contribution is 2.32. The van der Waals surface area contributed by atoms with Gasteiger partial charge in [0.1, 0.15) is 5.69 Å². The molecule has 2 N–H and O–H groups in total. The normalized spacial score (nSPS) is 17.1. The summed E-state index contributed by atoms with van der Waals surface area (Å²) in [5.74, 6) is -0.151. The molecule has 0 bridgehead atoms. The van der Waals surface area contributed by atoms with E-state index in [9.17, 15) is 19.7 Å². The molecule has 2 rings (SSSR count). The smallest absolute Gasteiger partial charge is 0.293 e. The Bertz CT molecular complexity index is 690. The van der Waals surface area contributed by atoms with Gasteiger partial charge in [0.15, 0.2) is 0 Å². The van der Waals surface area contributed by atoms with Gasteiger partial charge in [0.05, 0.1) is 4.92 Å². The van der Waals surface area contributed by atoms with E-state index in [-0.39, 0.29) is 35.0 Å². The van der Waals surface area contributed by atoms with Crippen LogP contribution in [0.15, 0.2) is 18.2 Å². The number of amides is 2. The van der Waals surface area contributed by atoms with Crippen LogP contribution in [0.4, 0.5) is 11.4 Å². The lowest BCUT2D eigenvalue weighted by atomic mass is 9.97. The minimum atomic E-state index is -0.446. The lowest BCUT2D eigenvalue weighted by Gasteiger charge is -2.34. The van der Waals surface area contributed by atoms with Crippen LogP contribution in [0.2, 0.25) is 0 Å². The summed E-state index contributed by atoms with van der Waals surface area (Å²) in [5.41, 5.74) is 0.728. The molecule has 0 radical (unpaired) electrons. The Morgan fingerprint density at radius 1 is 1.38 bits per heavy atom. The third kappa shape index (κ3) is 5.18. The van der Waals surface area contributed by atoms with Crippen molar-refractivity contribution in [2.24, 2.45) is 5.92 Å². The lowest BCUT2D eigenvalue weighted by molar-refractivity contribution is -0.384. The van der Waals surface area contributed by atoms with E-state index in [1.165, 1.54) is 13.0 Å². The van der Waals surface area contributed by atoms with Crippen molar-refractivity contribution >= 4 is 23.2 Å². The van der Waals surface area contributed by atoms with Gasteiger partial charge < -0.3 is 15.5 Å². The Kier molecular flexibility index (Phi) is 6.54. The van der Waals surface area contributed by atoms with E-state index in [0.29, 0.717) is 18.8 Å². The summed E-state index contributed by atoms with van der Waals surface area (Å²) in [6, 6.07) is 4.56. The number of nitrogens with zero attached hydrogens (tertiary/aromatic N) is 2. The van der Waals surface area contributed by atoms with Gasteiger partial charge in [0, 0.05) is 44.2 Å². The van der Waals surface area contributed by atoms with E-state index < -0.39 is 4.92 Å². The highest BCUT2D eigenvalue weighted by molar-refractivity contribution is 5.96. The van der Waals surface area contributed by atoms with Crippen LogP contribution >= 0.6 is 0 Å². The number of carbonyl (C=O) groups excluding carboxylic acids is 2. The lowest BCUT2D eigenvalue weighted by Crippen LogP contribution is -2.40. The molecule has 142 valence electrons.